The number of imidazole rings is 1. The molecule has 1 aromatic carbocycles. The third kappa shape index (κ3) is 3.74. The second-order valence-corrected chi connectivity index (χ2v) is 9.31. The van der Waals surface area contributed by atoms with E-state index >= 15 is 0 Å². The first-order valence-corrected chi connectivity index (χ1v) is 11.5. The summed E-state index contributed by atoms with van der Waals surface area (Å²) in [6.07, 6.45) is 10.1. The lowest BCUT2D eigenvalue weighted by Gasteiger charge is -2.25. The van der Waals surface area contributed by atoms with Crippen LogP contribution in [0.15, 0.2) is 24.5 Å². The highest BCUT2D eigenvalue weighted by molar-refractivity contribution is 6.37. The van der Waals surface area contributed by atoms with Gasteiger partial charge in [0.05, 0.1) is 23.4 Å². The van der Waals surface area contributed by atoms with Crippen molar-refractivity contribution in [3.63, 3.8) is 0 Å². The third-order valence-electron chi connectivity index (χ3n) is 6.05. The van der Waals surface area contributed by atoms with Gasteiger partial charge >= 0.3 is 0 Å². The molecule has 7 heteroatoms. The number of ether oxygens (including phenoxy) is 1. The lowest BCUT2D eigenvalue weighted by Crippen LogP contribution is -2.30. The number of aryl methyl sites for hydroxylation is 1. The van der Waals surface area contributed by atoms with E-state index in [9.17, 15) is 0 Å². The minimum Gasteiger partial charge on any atom is -0.496 e. The Morgan fingerprint density at radius 1 is 1.13 bits per heavy atom. The standard InChI is InChI=1S/C23H26Cl2N4O/c1-3-18-23(28(12-14-4-5-14)13-15-6-7-15)29-9-8-26-21(22(29)27-18)20-17(25)10-16(24)11-19(20)30-2/h8-11,14-15H,3-7,12-13H2,1-2H3. The maximum Gasteiger partial charge on any atom is 0.165 e. The van der Waals surface area contributed by atoms with Gasteiger partial charge in [0, 0.05) is 30.5 Å². The number of aromatic nitrogens is 3. The largest absolute Gasteiger partial charge is 0.496 e. The van der Waals surface area contributed by atoms with E-state index in [1.165, 1.54) is 31.5 Å². The molecule has 2 heterocycles. The van der Waals surface area contributed by atoms with Gasteiger partial charge in [-0.15, -0.1) is 0 Å². The highest BCUT2D eigenvalue weighted by Crippen LogP contribution is 2.42. The van der Waals surface area contributed by atoms with E-state index in [0.717, 1.165) is 53.9 Å². The van der Waals surface area contributed by atoms with Crippen LogP contribution >= 0.6 is 23.2 Å². The molecule has 0 N–H and O–H groups in total. The van der Waals surface area contributed by atoms with Crippen molar-refractivity contribution in [2.45, 2.75) is 39.0 Å². The molecule has 2 fully saturated rings. The predicted octanol–water partition coefficient (Wildman–Crippen LogP) is 5.90. The van der Waals surface area contributed by atoms with Crippen LogP contribution in [0.25, 0.3) is 16.9 Å². The van der Waals surface area contributed by atoms with E-state index in [-0.39, 0.29) is 0 Å². The Bertz CT molecular complexity index is 1070. The second-order valence-electron chi connectivity index (χ2n) is 8.46. The van der Waals surface area contributed by atoms with Crippen LogP contribution in [0.2, 0.25) is 10.0 Å². The van der Waals surface area contributed by atoms with Crippen molar-refractivity contribution >= 4 is 34.7 Å². The first-order chi connectivity index (χ1) is 14.6. The van der Waals surface area contributed by atoms with Crippen LogP contribution in [0.5, 0.6) is 5.75 Å². The van der Waals surface area contributed by atoms with Crippen molar-refractivity contribution in [1.82, 2.24) is 14.4 Å². The molecule has 0 radical (unpaired) electrons. The van der Waals surface area contributed by atoms with Gasteiger partial charge in [-0.2, -0.15) is 0 Å². The van der Waals surface area contributed by atoms with Crippen LogP contribution in [0, 0.1) is 11.8 Å². The van der Waals surface area contributed by atoms with Crippen LogP contribution in [0.3, 0.4) is 0 Å². The summed E-state index contributed by atoms with van der Waals surface area (Å²) in [7, 11) is 1.62. The molecule has 0 bridgehead atoms. The van der Waals surface area contributed by atoms with Gasteiger partial charge < -0.3 is 9.64 Å². The molecule has 5 rings (SSSR count). The fourth-order valence-electron chi connectivity index (χ4n) is 4.17. The number of benzene rings is 1. The normalized spacial score (nSPS) is 16.3. The molecule has 158 valence electrons. The van der Waals surface area contributed by atoms with Crippen LogP contribution in [0.4, 0.5) is 5.82 Å². The van der Waals surface area contributed by atoms with Crippen LogP contribution in [-0.4, -0.2) is 34.6 Å². The lowest BCUT2D eigenvalue weighted by atomic mass is 10.1. The summed E-state index contributed by atoms with van der Waals surface area (Å²) >= 11 is 12.8. The summed E-state index contributed by atoms with van der Waals surface area (Å²) in [5, 5.41) is 1.04. The first-order valence-electron chi connectivity index (χ1n) is 10.7. The minimum atomic E-state index is 0.510. The van der Waals surface area contributed by atoms with Crippen molar-refractivity contribution in [3.8, 4) is 17.0 Å². The van der Waals surface area contributed by atoms with Gasteiger partial charge in [0.1, 0.15) is 17.3 Å². The van der Waals surface area contributed by atoms with E-state index in [0.29, 0.717) is 15.8 Å². The number of methoxy groups -OCH3 is 1. The molecule has 0 atom stereocenters. The highest BCUT2D eigenvalue weighted by Gasteiger charge is 2.32. The molecule has 0 amide bonds. The van der Waals surface area contributed by atoms with E-state index < -0.39 is 0 Å². The zero-order valence-corrected chi connectivity index (χ0v) is 18.9. The highest BCUT2D eigenvalue weighted by atomic mass is 35.5. The number of hydrogen-bond acceptors (Lipinski definition) is 4. The van der Waals surface area contributed by atoms with Gasteiger partial charge in [-0.1, -0.05) is 30.1 Å². The van der Waals surface area contributed by atoms with Crippen LogP contribution < -0.4 is 9.64 Å². The maximum absolute atomic E-state index is 6.59. The Morgan fingerprint density at radius 2 is 1.83 bits per heavy atom. The van der Waals surface area contributed by atoms with E-state index in [1.807, 2.05) is 12.4 Å². The van der Waals surface area contributed by atoms with E-state index in [4.69, 9.17) is 32.9 Å². The van der Waals surface area contributed by atoms with Crippen LogP contribution in [-0.2, 0) is 6.42 Å². The number of anilines is 1. The fraction of sp³-hybridized carbons (Fsp3) is 0.478. The molecule has 0 aliphatic heterocycles. The molecule has 3 aromatic rings. The molecular weight excluding hydrogens is 419 g/mol. The third-order valence-corrected chi connectivity index (χ3v) is 6.56. The molecular formula is C23H26Cl2N4O. The van der Waals surface area contributed by atoms with Crippen molar-refractivity contribution in [2.24, 2.45) is 11.8 Å². The number of fused-ring (bicyclic) bond motifs is 1. The summed E-state index contributed by atoms with van der Waals surface area (Å²) in [4.78, 5) is 12.3. The second kappa shape index (κ2) is 7.93. The molecule has 2 aromatic heterocycles. The molecule has 2 aliphatic rings. The van der Waals surface area contributed by atoms with Crippen molar-refractivity contribution in [2.75, 3.05) is 25.1 Å². The molecule has 2 saturated carbocycles. The smallest absolute Gasteiger partial charge is 0.165 e. The molecule has 0 saturated heterocycles. The monoisotopic (exact) mass is 444 g/mol. The molecule has 30 heavy (non-hydrogen) atoms. The quantitative estimate of drug-likeness (QED) is 0.433. The zero-order chi connectivity index (χ0) is 20.8. The minimum absolute atomic E-state index is 0.510. The Morgan fingerprint density at radius 3 is 2.43 bits per heavy atom. The topological polar surface area (TPSA) is 42.7 Å². The van der Waals surface area contributed by atoms with E-state index in [2.05, 4.69) is 21.2 Å². The average Bonchev–Trinajstić information content (AvgIpc) is 3.66. The van der Waals surface area contributed by atoms with Crippen LogP contribution in [0.1, 0.15) is 38.3 Å². The number of rotatable bonds is 8. The summed E-state index contributed by atoms with van der Waals surface area (Å²) in [5.74, 6) is 3.43. The number of hydrogen-bond donors (Lipinski definition) is 0. The molecule has 5 nitrogen and oxygen atoms in total. The summed E-state index contributed by atoms with van der Waals surface area (Å²) < 4.78 is 7.78. The SMILES string of the molecule is CCc1nc2c(-c3c(Cl)cc(Cl)cc3OC)nccn2c1N(CC1CC1)CC1CC1. The first kappa shape index (κ1) is 20.0. The Kier molecular flexibility index (Phi) is 5.28. The predicted molar refractivity (Wildman–Crippen MR) is 122 cm³/mol. The zero-order valence-electron chi connectivity index (χ0n) is 17.4. The molecule has 0 unspecified atom stereocenters. The fourth-order valence-corrected chi connectivity index (χ4v) is 4.74. The Labute approximate surface area is 187 Å². The number of nitrogens with zero attached hydrogens (tertiary/aromatic N) is 4. The lowest BCUT2D eigenvalue weighted by molar-refractivity contribution is 0.416. The summed E-state index contributed by atoms with van der Waals surface area (Å²) in [6.45, 7) is 4.39. The Hall–Kier alpha value is -1.98. The molecule has 2 aliphatic carbocycles. The van der Waals surface area contributed by atoms with Crippen molar-refractivity contribution < 1.29 is 4.74 Å². The van der Waals surface area contributed by atoms with Gasteiger partial charge in [-0.3, -0.25) is 9.38 Å². The summed E-state index contributed by atoms with van der Waals surface area (Å²) in [5.41, 5.74) is 3.36. The van der Waals surface area contributed by atoms with Gasteiger partial charge in [-0.05, 0) is 56.1 Å². The van der Waals surface area contributed by atoms with Gasteiger partial charge in [0.25, 0.3) is 0 Å². The van der Waals surface area contributed by atoms with Crippen molar-refractivity contribution in [1.29, 1.82) is 0 Å². The molecule has 0 spiro atoms. The number of halogens is 2. The van der Waals surface area contributed by atoms with Gasteiger partial charge in [0.15, 0.2) is 5.65 Å². The van der Waals surface area contributed by atoms with Gasteiger partial charge in [-0.25, -0.2) is 4.98 Å². The van der Waals surface area contributed by atoms with Crippen molar-refractivity contribution in [3.05, 3.63) is 40.3 Å². The van der Waals surface area contributed by atoms with E-state index in [1.54, 1.807) is 19.2 Å². The average molecular weight is 445 g/mol. The van der Waals surface area contributed by atoms with Gasteiger partial charge in [0.2, 0.25) is 0 Å². The maximum atomic E-state index is 6.59. The summed E-state index contributed by atoms with van der Waals surface area (Å²) in [6, 6.07) is 3.49. The Balaban J connectivity index is 1.68.